The Morgan fingerprint density at radius 1 is 0.212 bits per heavy atom. The minimum atomic E-state index is 0.505. The van der Waals surface area contributed by atoms with Crippen LogP contribution in [0.3, 0.4) is 0 Å². The second-order valence-corrected chi connectivity index (χ2v) is 20.9. The van der Waals surface area contributed by atoms with Crippen molar-refractivity contribution in [3.8, 4) is 34.2 Å². The maximum Gasteiger partial charge on any atom is 0.168 e. The van der Waals surface area contributed by atoms with E-state index in [1.165, 1.54) is 44.5 Å². The van der Waals surface area contributed by atoms with Crippen molar-refractivity contribution in [2.24, 2.45) is 0 Å². The monoisotopic (exact) mass is 1030 g/mol. The van der Waals surface area contributed by atoms with E-state index in [1.54, 1.807) is 0 Å². The van der Waals surface area contributed by atoms with Crippen LogP contribution in [0.5, 0.6) is 0 Å². The molecule has 8 nitrogen and oxygen atoms in total. The van der Waals surface area contributed by atoms with Crippen molar-refractivity contribution in [1.29, 1.82) is 0 Å². The van der Waals surface area contributed by atoms with Crippen LogP contribution in [-0.2, 0) is 25.7 Å². The van der Waals surface area contributed by atoms with Crippen molar-refractivity contribution < 1.29 is 0 Å². The van der Waals surface area contributed by atoms with E-state index in [0.29, 0.717) is 17.5 Å². The van der Waals surface area contributed by atoms with Crippen LogP contribution in [0.25, 0.3) is 34.2 Å². The third kappa shape index (κ3) is 7.37. The fourth-order valence-corrected chi connectivity index (χ4v) is 12.7. The number of hydrogen-bond donors (Lipinski definition) is 0. The fraction of sp³-hybridized carbons (Fsp3) is 0.0556. The van der Waals surface area contributed by atoms with Gasteiger partial charge in [-0.2, -0.15) is 0 Å². The Labute approximate surface area is 464 Å². The quantitative estimate of drug-likeness (QED) is 0.156. The molecule has 0 unspecified atom stereocenters. The van der Waals surface area contributed by atoms with E-state index >= 15 is 0 Å². The van der Waals surface area contributed by atoms with Crippen LogP contribution >= 0.6 is 0 Å². The molecule has 2 aromatic heterocycles. The van der Waals surface area contributed by atoms with E-state index in [0.717, 1.165) is 111 Å². The number of hydrogen-bond acceptors (Lipinski definition) is 8. The summed E-state index contributed by atoms with van der Waals surface area (Å²) in [6, 6.07) is 91.5. The zero-order chi connectivity index (χ0) is 52.7. The van der Waals surface area contributed by atoms with Gasteiger partial charge >= 0.3 is 0 Å². The topological polar surface area (TPSA) is 64.5 Å². The summed E-state index contributed by atoms with van der Waals surface area (Å²) in [5.41, 5.74) is 22.3. The Morgan fingerprint density at radius 3 is 0.713 bits per heavy atom. The maximum absolute atomic E-state index is 6.50. The van der Waals surface area contributed by atoms with E-state index < -0.39 is 0 Å². The number of rotatable bonds is 7. The minimum Gasteiger partial charge on any atom is -0.306 e. The van der Waals surface area contributed by atoms with E-state index in [4.69, 9.17) is 19.9 Å². The molecule has 0 radical (unpaired) electrons. The summed E-state index contributed by atoms with van der Waals surface area (Å²) in [5.74, 6) is 3.09. The normalized spacial score (nSPS) is 13.4. The Balaban J connectivity index is 1.18. The highest BCUT2D eigenvalue weighted by Crippen LogP contribution is 2.62. The first-order valence-electron chi connectivity index (χ1n) is 27.5. The average molecular weight is 1030 g/mol. The summed E-state index contributed by atoms with van der Waals surface area (Å²) in [7, 11) is 0. The highest BCUT2D eigenvalue weighted by molar-refractivity contribution is 6.10. The number of pyridine rings is 1. The van der Waals surface area contributed by atoms with Crippen LogP contribution in [0, 0.1) is 0 Å². The minimum absolute atomic E-state index is 0.505. The smallest absolute Gasteiger partial charge is 0.168 e. The zero-order valence-corrected chi connectivity index (χ0v) is 43.7. The van der Waals surface area contributed by atoms with E-state index in [1.807, 2.05) is 12.1 Å². The number of aromatic nitrogens is 4. The molecule has 4 aliphatic heterocycles. The SMILES string of the molecule is c1ccc(-c2nc(-c3ccccc3)nc(-c3c(N4c5ccccc5Cc5ccccc54)c(N4c5ccccc5Cc5ccccc54)nc(N4c5ccccc5Cc5ccccc54)c3N3c4ccccc4Cc4ccccc43)n2)cc1. The third-order valence-electron chi connectivity index (χ3n) is 16.3. The molecule has 4 aliphatic rings. The van der Waals surface area contributed by atoms with Crippen molar-refractivity contribution in [2.75, 3.05) is 19.6 Å². The Kier molecular flexibility index (Phi) is 10.7. The Hall–Kier alpha value is -10.4. The maximum atomic E-state index is 6.50. The van der Waals surface area contributed by atoms with Crippen LogP contribution in [0.4, 0.5) is 68.5 Å². The molecular weight excluding hydrogens is 977 g/mol. The molecule has 0 atom stereocenters. The highest BCUT2D eigenvalue weighted by Gasteiger charge is 2.42. The summed E-state index contributed by atoms with van der Waals surface area (Å²) in [4.78, 5) is 33.4. The molecule has 0 saturated carbocycles. The highest BCUT2D eigenvalue weighted by atomic mass is 15.3. The largest absolute Gasteiger partial charge is 0.306 e. The van der Waals surface area contributed by atoms with Crippen LogP contribution in [0.1, 0.15) is 44.5 Å². The number of nitrogens with zero attached hydrogens (tertiary/aromatic N) is 8. The lowest BCUT2D eigenvalue weighted by atomic mass is 9.91. The Bertz CT molecular complexity index is 3970. The standard InChI is InChI=1S/C72H50N8/c1-3-23-47(24-4-1)68-73-69(48-25-5-2-6-26-48)75-70(74-68)65-66(77-57-35-15-7-27-49(57)43-50-28-8-16-36-58(50)77)71(79-61-39-19-11-31-53(61)45-54-32-12-20-40-62(54)79)76-72(80-63-41-21-13-33-55(63)46-56-34-14-22-42-64(56)80)67(65)78-59-37-17-9-29-51(59)44-52-30-10-18-38-60(52)78/h1-42H,43-46H2. The van der Waals surface area contributed by atoms with Crippen molar-refractivity contribution in [2.45, 2.75) is 25.7 Å². The number of anilines is 12. The van der Waals surface area contributed by atoms with E-state index in [-0.39, 0.29) is 0 Å². The summed E-state index contributed by atoms with van der Waals surface area (Å²) in [6.45, 7) is 0. The lowest BCUT2D eigenvalue weighted by Crippen LogP contribution is -2.29. The first-order valence-corrected chi connectivity index (χ1v) is 27.5. The molecule has 378 valence electrons. The molecule has 0 spiro atoms. The van der Waals surface area contributed by atoms with Crippen LogP contribution in [-0.4, -0.2) is 19.9 Å². The molecule has 16 rings (SSSR count). The van der Waals surface area contributed by atoms with Gasteiger partial charge in [0, 0.05) is 59.6 Å². The van der Waals surface area contributed by atoms with Crippen molar-refractivity contribution in [3.63, 3.8) is 0 Å². The van der Waals surface area contributed by atoms with Gasteiger partial charge in [0.05, 0.1) is 28.3 Å². The molecule has 0 fully saturated rings. The van der Waals surface area contributed by atoms with Gasteiger partial charge in [0.1, 0.15) is 11.4 Å². The van der Waals surface area contributed by atoms with Gasteiger partial charge in [-0.3, -0.25) is 9.80 Å². The average Bonchev–Trinajstić information content (AvgIpc) is 3.61. The first-order chi connectivity index (χ1) is 39.7. The van der Waals surface area contributed by atoms with Gasteiger partial charge in [0.2, 0.25) is 0 Å². The fourth-order valence-electron chi connectivity index (χ4n) is 12.7. The number of para-hydroxylation sites is 8. The molecule has 6 heterocycles. The van der Waals surface area contributed by atoms with Crippen molar-refractivity contribution >= 4 is 68.5 Å². The molecule has 0 aliphatic carbocycles. The summed E-state index contributed by atoms with van der Waals surface area (Å²) < 4.78 is 0. The van der Waals surface area contributed by atoms with Gasteiger partial charge in [-0.05, 0) is 93.0 Å². The second kappa shape index (κ2) is 18.6. The predicted octanol–water partition coefficient (Wildman–Crippen LogP) is 17.8. The zero-order valence-electron chi connectivity index (χ0n) is 43.7. The van der Waals surface area contributed by atoms with Crippen molar-refractivity contribution in [3.05, 3.63) is 299 Å². The number of fused-ring (bicyclic) bond motifs is 8. The molecule has 0 N–H and O–H groups in total. The summed E-state index contributed by atoms with van der Waals surface area (Å²) in [5, 5.41) is 0. The summed E-state index contributed by atoms with van der Waals surface area (Å²) >= 11 is 0. The molecular formula is C72H50N8. The van der Waals surface area contributed by atoms with Gasteiger partial charge in [0.25, 0.3) is 0 Å². The van der Waals surface area contributed by atoms with Gasteiger partial charge in [-0.15, -0.1) is 0 Å². The van der Waals surface area contributed by atoms with Crippen LogP contribution in [0.2, 0.25) is 0 Å². The molecule has 80 heavy (non-hydrogen) atoms. The molecule has 8 heteroatoms. The lowest BCUT2D eigenvalue weighted by Gasteiger charge is -2.43. The predicted molar refractivity (Wildman–Crippen MR) is 324 cm³/mol. The molecule has 10 aromatic carbocycles. The third-order valence-corrected chi connectivity index (χ3v) is 16.3. The van der Waals surface area contributed by atoms with Crippen LogP contribution < -0.4 is 19.6 Å². The lowest BCUT2D eigenvalue weighted by molar-refractivity contribution is 1.00. The molecule has 0 amide bonds. The van der Waals surface area contributed by atoms with Gasteiger partial charge in [0.15, 0.2) is 29.1 Å². The van der Waals surface area contributed by atoms with Crippen molar-refractivity contribution in [1.82, 2.24) is 19.9 Å². The van der Waals surface area contributed by atoms with E-state index in [2.05, 4.69) is 262 Å². The first kappa shape index (κ1) is 45.7. The summed E-state index contributed by atoms with van der Waals surface area (Å²) in [6.07, 6.45) is 3.07. The number of benzene rings is 10. The van der Waals surface area contributed by atoms with Crippen LogP contribution in [0.15, 0.2) is 255 Å². The van der Waals surface area contributed by atoms with Gasteiger partial charge in [-0.1, -0.05) is 206 Å². The van der Waals surface area contributed by atoms with E-state index in [9.17, 15) is 0 Å². The van der Waals surface area contributed by atoms with Gasteiger partial charge < -0.3 is 9.80 Å². The molecule has 0 saturated heterocycles. The second-order valence-electron chi connectivity index (χ2n) is 20.9. The van der Waals surface area contributed by atoms with Gasteiger partial charge in [-0.25, -0.2) is 19.9 Å². The molecule has 0 bridgehead atoms. The Morgan fingerprint density at radius 2 is 0.438 bits per heavy atom. The molecule has 12 aromatic rings.